The average Bonchev–Trinajstić information content (AvgIpc) is 2.97. The Morgan fingerprint density at radius 3 is 2.43 bits per heavy atom. The van der Waals surface area contributed by atoms with Gasteiger partial charge in [-0.05, 0) is 19.1 Å². The summed E-state index contributed by atoms with van der Waals surface area (Å²) >= 11 is 0. The number of Topliss-reactive ketones (excluding diaryl/α,β-unsaturated/α-hetero) is 2. The van der Waals surface area contributed by atoms with Gasteiger partial charge in [0.15, 0.2) is 11.5 Å². The summed E-state index contributed by atoms with van der Waals surface area (Å²) in [6.45, 7) is 1.99. The molecule has 0 bridgehead atoms. The molecule has 1 rings (SSSR count). The third-order valence-corrected chi connectivity index (χ3v) is 3.07. The fourth-order valence-corrected chi connectivity index (χ4v) is 1.87. The predicted octanol–water partition coefficient (Wildman–Crippen LogP) is 2.17. The summed E-state index contributed by atoms with van der Waals surface area (Å²) in [7, 11) is 0. The third-order valence-electron chi connectivity index (χ3n) is 3.07. The molecule has 1 N–H and O–H groups in total. The SMILES string of the molecule is CCOC(=O)CCC(=O)CCc1ccc(C(=O)CCC(=O)O)o1. The third kappa shape index (κ3) is 7.39. The fourth-order valence-electron chi connectivity index (χ4n) is 1.87. The Morgan fingerprint density at radius 2 is 1.78 bits per heavy atom. The van der Waals surface area contributed by atoms with E-state index in [0.717, 1.165) is 0 Å². The second-order valence-corrected chi connectivity index (χ2v) is 4.93. The molecule has 0 atom stereocenters. The second-order valence-electron chi connectivity index (χ2n) is 4.93. The number of ketones is 2. The standard InChI is InChI=1S/C16H20O7/c1-2-22-16(21)10-4-11(17)3-5-12-6-8-14(23-12)13(18)7-9-15(19)20/h6,8H,2-5,7,9-10H2,1H3,(H,19,20). The van der Waals surface area contributed by atoms with Crippen LogP contribution in [0.4, 0.5) is 0 Å². The number of carboxylic acids is 1. The molecule has 0 aliphatic heterocycles. The summed E-state index contributed by atoms with van der Waals surface area (Å²) in [5.41, 5.74) is 0. The highest BCUT2D eigenvalue weighted by Gasteiger charge is 2.14. The van der Waals surface area contributed by atoms with E-state index in [-0.39, 0.29) is 56.0 Å². The highest BCUT2D eigenvalue weighted by Crippen LogP contribution is 2.13. The van der Waals surface area contributed by atoms with E-state index in [1.165, 1.54) is 6.07 Å². The molecule has 0 spiro atoms. The molecule has 0 aromatic carbocycles. The molecule has 0 amide bonds. The monoisotopic (exact) mass is 324 g/mol. The molecular formula is C16H20O7. The van der Waals surface area contributed by atoms with Crippen molar-refractivity contribution in [2.45, 2.75) is 45.4 Å². The molecule has 7 heteroatoms. The first-order valence-electron chi connectivity index (χ1n) is 7.43. The number of esters is 1. The van der Waals surface area contributed by atoms with Gasteiger partial charge < -0.3 is 14.3 Å². The van der Waals surface area contributed by atoms with E-state index in [4.69, 9.17) is 14.3 Å². The quantitative estimate of drug-likeness (QED) is 0.490. The van der Waals surface area contributed by atoms with Crippen molar-refractivity contribution in [1.82, 2.24) is 0 Å². The fraction of sp³-hybridized carbons (Fsp3) is 0.500. The first-order valence-corrected chi connectivity index (χ1v) is 7.43. The Kier molecular flexibility index (Phi) is 7.73. The first kappa shape index (κ1) is 18.6. The smallest absolute Gasteiger partial charge is 0.306 e. The van der Waals surface area contributed by atoms with E-state index in [9.17, 15) is 19.2 Å². The van der Waals surface area contributed by atoms with Gasteiger partial charge in [-0.2, -0.15) is 0 Å². The van der Waals surface area contributed by atoms with Crippen molar-refractivity contribution in [3.05, 3.63) is 23.7 Å². The van der Waals surface area contributed by atoms with Crippen LogP contribution < -0.4 is 0 Å². The van der Waals surface area contributed by atoms with Crippen LogP contribution in [0.1, 0.15) is 55.3 Å². The molecule has 0 saturated carbocycles. The lowest BCUT2D eigenvalue weighted by molar-refractivity contribution is -0.144. The van der Waals surface area contributed by atoms with E-state index in [1.54, 1.807) is 13.0 Å². The van der Waals surface area contributed by atoms with Gasteiger partial charge in [0.25, 0.3) is 0 Å². The van der Waals surface area contributed by atoms with Crippen molar-refractivity contribution in [2.75, 3.05) is 6.61 Å². The lowest BCUT2D eigenvalue weighted by Gasteiger charge is -2.01. The van der Waals surface area contributed by atoms with Crippen molar-refractivity contribution in [3.8, 4) is 0 Å². The molecule has 1 heterocycles. The van der Waals surface area contributed by atoms with Gasteiger partial charge in [0.1, 0.15) is 11.5 Å². The number of aryl methyl sites for hydroxylation is 1. The number of carbonyl (C=O) groups excluding carboxylic acids is 3. The van der Waals surface area contributed by atoms with Gasteiger partial charge in [-0.25, -0.2) is 0 Å². The number of carbonyl (C=O) groups is 4. The van der Waals surface area contributed by atoms with Crippen LogP contribution in [0, 0.1) is 0 Å². The predicted molar refractivity (Wildman–Crippen MR) is 79.1 cm³/mol. The van der Waals surface area contributed by atoms with Crippen LogP contribution in [0.3, 0.4) is 0 Å². The average molecular weight is 324 g/mol. The topological polar surface area (TPSA) is 111 Å². The zero-order chi connectivity index (χ0) is 17.2. The Morgan fingerprint density at radius 1 is 1.04 bits per heavy atom. The summed E-state index contributed by atoms with van der Waals surface area (Å²) in [4.78, 5) is 44.9. The molecule has 23 heavy (non-hydrogen) atoms. The number of aliphatic carboxylic acids is 1. The van der Waals surface area contributed by atoms with Gasteiger partial charge in [0.05, 0.1) is 19.4 Å². The molecule has 1 aromatic rings. The number of carboxylic acid groups (broad SMARTS) is 1. The van der Waals surface area contributed by atoms with Gasteiger partial charge >= 0.3 is 11.9 Å². The van der Waals surface area contributed by atoms with Crippen molar-refractivity contribution in [1.29, 1.82) is 0 Å². The molecule has 0 aliphatic carbocycles. The minimum atomic E-state index is -1.04. The molecule has 126 valence electrons. The van der Waals surface area contributed by atoms with E-state index in [1.807, 2.05) is 0 Å². The lowest BCUT2D eigenvalue weighted by Crippen LogP contribution is -2.08. The largest absolute Gasteiger partial charge is 0.481 e. The summed E-state index contributed by atoms with van der Waals surface area (Å²) < 4.78 is 10.0. The summed E-state index contributed by atoms with van der Waals surface area (Å²) in [5.74, 6) is -1.34. The lowest BCUT2D eigenvalue weighted by atomic mass is 10.1. The Hall–Kier alpha value is -2.44. The van der Waals surface area contributed by atoms with Crippen molar-refractivity contribution in [2.24, 2.45) is 0 Å². The van der Waals surface area contributed by atoms with Crippen LogP contribution >= 0.6 is 0 Å². The molecule has 7 nitrogen and oxygen atoms in total. The van der Waals surface area contributed by atoms with E-state index in [0.29, 0.717) is 12.2 Å². The highest BCUT2D eigenvalue weighted by atomic mass is 16.5. The molecule has 0 unspecified atom stereocenters. The van der Waals surface area contributed by atoms with Crippen LogP contribution in [-0.2, 0) is 25.5 Å². The maximum absolute atomic E-state index is 11.7. The van der Waals surface area contributed by atoms with Gasteiger partial charge in [-0.15, -0.1) is 0 Å². The first-order chi connectivity index (χ1) is 10.9. The maximum atomic E-state index is 11.7. The maximum Gasteiger partial charge on any atom is 0.306 e. The second kappa shape index (κ2) is 9.55. The Labute approximate surface area is 133 Å². The van der Waals surface area contributed by atoms with Crippen molar-refractivity contribution < 1.29 is 33.4 Å². The number of rotatable bonds is 11. The molecule has 0 aliphatic rings. The summed E-state index contributed by atoms with van der Waals surface area (Å²) in [6, 6.07) is 3.06. The van der Waals surface area contributed by atoms with E-state index < -0.39 is 11.9 Å². The number of hydrogen-bond donors (Lipinski definition) is 1. The molecule has 1 aromatic heterocycles. The van der Waals surface area contributed by atoms with Gasteiger partial charge in [0.2, 0.25) is 0 Å². The number of furan rings is 1. The molecule has 0 fully saturated rings. The van der Waals surface area contributed by atoms with E-state index >= 15 is 0 Å². The molecule has 0 radical (unpaired) electrons. The van der Waals surface area contributed by atoms with Crippen molar-refractivity contribution in [3.63, 3.8) is 0 Å². The van der Waals surface area contributed by atoms with Crippen LogP contribution in [0.2, 0.25) is 0 Å². The van der Waals surface area contributed by atoms with Gasteiger partial charge in [-0.3, -0.25) is 19.2 Å². The van der Waals surface area contributed by atoms with Crippen LogP contribution in [0.5, 0.6) is 0 Å². The van der Waals surface area contributed by atoms with Gasteiger partial charge in [-0.1, -0.05) is 0 Å². The Bertz CT molecular complexity index is 571. The Balaban J connectivity index is 2.35. The zero-order valence-corrected chi connectivity index (χ0v) is 13.0. The van der Waals surface area contributed by atoms with Crippen molar-refractivity contribution >= 4 is 23.5 Å². The zero-order valence-electron chi connectivity index (χ0n) is 13.0. The molecule has 0 saturated heterocycles. The van der Waals surface area contributed by atoms with Crippen LogP contribution in [-0.4, -0.2) is 35.2 Å². The number of ether oxygens (including phenoxy) is 1. The van der Waals surface area contributed by atoms with Gasteiger partial charge in [0, 0.05) is 25.7 Å². The normalized spacial score (nSPS) is 10.3. The molecular weight excluding hydrogens is 304 g/mol. The van der Waals surface area contributed by atoms with E-state index in [2.05, 4.69) is 0 Å². The summed E-state index contributed by atoms with van der Waals surface area (Å²) in [6.07, 6.45) is 0.333. The number of hydrogen-bond acceptors (Lipinski definition) is 6. The minimum Gasteiger partial charge on any atom is -0.481 e. The van der Waals surface area contributed by atoms with Crippen LogP contribution in [0.15, 0.2) is 16.5 Å². The minimum absolute atomic E-state index is 0.0593. The summed E-state index contributed by atoms with van der Waals surface area (Å²) in [5, 5.41) is 8.53. The highest BCUT2D eigenvalue weighted by molar-refractivity contribution is 5.95. The van der Waals surface area contributed by atoms with Crippen LogP contribution in [0.25, 0.3) is 0 Å².